The van der Waals surface area contributed by atoms with Crippen LogP contribution in [0.3, 0.4) is 0 Å². The van der Waals surface area contributed by atoms with Crippen molar-refractivity contribution in [2.24, 2.45) is 5.92 Å². The van der Waals surface area contributed by atoms with Crippen molar-refractivity contribution in [3.8, 4) is 0 Å². The second-order valence-electron chi connectivity index (χ2n) is 9.42. The molecule has 2 saturated heterocycles. The lowest BCUT2D eigenvalue weighted by Gasteiger charge is -2.31. The molecule has 7 heteroatoms. The van der Waals surface area contributed by atoms with Crippen LogP contribution < -0.4 is 5.32 Å². The van der Waals surface area contributed by atoms with Crippen molar-refractivity contribution in [3.05, 3.63) is 70.8 Å². The van der Waals surface area contributed by atoms with Gasteiger partial charge in [-0.25, -0.2) is 8.78 Å². The Morgan fingerprint density at radius 2 is 1.50 bits per heavy atom. The Hall–Kier alpha value is -2.80. The third kappa shape index (κ3) is 6.41. The zero-order chi connectivity index (χ0) is 23.9. The summed E-state index contributed by atoms with van der Waals surface area (Å²) in [5.74, 6) is -2.23. The molecule has 2 aliphatic rings. The Morgan fingerprint density at radius 1 is 0.853 bits per heavy atom. The molecular formula is C27H33F2N3O2. The molecule has 2 aromatic carbocycles. The van der Waals surface area contributed by atoms with Crippen molar-refractivity contribution in [1.82, 2.24) is 15.1 Å². The van der Waals surface area contributed by atoms with Crippen LogP contribution in [0.1, 0.15) is 60.0 Å². The fourth-order valence-electron chi connectivity index (χ4n) is 4.83. The highest BCUT2D eigenvalue weighted by Crippen LogP contribution is 2.21. The van der Waals surface area contributed by atoms with Crippen molar-refractivity contribution < 1.29 is 18.4 Å². The summed E-state index contributed by atoms with van der Waals surface area (Å²) in [6, 6.07) is 11.4. The zero-order valence-corrected chi connectivity index (χ0v) is 19.6. The predicted octanol–water partition coefficient (Wildman–Crippen LogP) is 4.51. The quantitative estimate of drug-likeness (QED) is 0.677. The third-order valence-electron chi connectivity index (χ3n) is 6.91. The first-order valence-electron chi connectivity index (χ1n) is 12.3. The molecule has 2 aliphatic heterocycles. The molecule has 0 spiro atoms. The molecule has 0 aliphatic carbocycles. The molecule has 1 N–H and O–H groups in total. The number of nitrogens with zero attached hydrogens (tertiary/aromatic N) is 2. The maximum absolute atomic E-state index is 13.9. The largest absolute Gasteiger partial charge is 0.352 e. The Kier molecular flexibility index (Phi) is 8.27. The number of carbonyl (C=O) groups excluding carboxylic acids is 2. The number of benzene rings is 2. The Bertz CT molecular complexity index is 980. The van der Waals surface area contributed by atoms with Crippen molar-refractivity contribution in [2.45, 2.75) is 51.6 Å². The molecule has 4 rings (SSSR count). The van der Waals surface area contributed by atoms with Crippen molar-refractivity contribution in [3.63, 3.8) is 0 Å². The highest BCUT2D eigenvalue weighted by molar-refractivity contribution is 5.94. The van der Waals surface area contributed by atoms with E-state index in [1.54, 1.807) is 0 Å². The van der Waals surface area contributed by atoms with Crippen molar-refractivity contribution in [2.75, 3.05) is 26.2 Å². The molecule has 2 aromatic rings. The molecule has 182 valence electrons. The van der Waals surface area contributed by atoms with Crippen LogP contribution in [0.4, 0.5) is 8.78 Å². The van der Waals surface area contributed by atoms with E-state index in [1.807, 2.05) is 0 Å². The van der Waals surface area contributed by atoms with E-state index >= 15 is 0 Å². The summed E-state index contributed by atoms with van der Waals surface area (Å²) in [5, 5.41) is 3.01. The van der Waals surface area contributed by atoms with Gasteiger partial charge in [0, 0.05) is 38.2 Å². The second kappa shape index (κ2) is 11.6. The van der Waals surface area contributed by atoms with Crippen LogP contribution in [0.15, 0.2) is 42.5 Å². The second-order valence-corrected chi connectivity index (χ2v) is 9.42. The maximum atomic E-state index is 13.9. The number of carbonyl (C=O) groups is 2. The van der Waals surface area contributed by atoms with E-state index in [4.69, 9.17) is 0 Å². The first-order chi connectivity index (χ1) is 16.5. The topological polar surface area (TPSA) is 52.7 Å². The number of amides is 2. The zero-order valence-electron chi connectivity index (χ0n) is 19.6. The summed E-state index contributed by atoms with van der Waals surface area (Å²) in [7, 11) is 0. The Labute approximate surface area is 200 Å². The molecule has 0 atom stereocenters. The molecule has 5 nitrogen and oxygen atoms in total. The van der Waals surface area contributed by atoms with E-state index in [2.05, 4.69) is 34.5 Å². The number of halogens is 2. The lowest BCUT2D eigenvalue weighted by atomic mass is 9.95. The number of likely N-dealkylation sites (tertiary alicyclic amines) is 2. The molecule has 0 bridgehead atoms. The lowest BCUT2D eigenvalue weighted by Crippen LogP contribution is -2.43. The average Bonchev–Trinajstić information content (AvgIpc) is 3.12. The molecular weight excluding hydrogens is 436 g/mol. The van der Waals surface area contributed by atoms with Crippen LogP contribution in [0.5, 0.6) is 0 Å². The van der Waals surface area contributed by atoms with Crippen molar-refractivity contribution in [1.29, 1.82) is 0 Å². The van der Waals surface area contributed by atoms with Gasteiger partial charge in [-0.1, -0.05) is 37.1 Å². The van der Waals surface area contributed by atoms with Gasteiger partial charge in [0.25, 0.3) is 5.91 Å². The van der Waals surface area contributed by atoms with Gasteiger partial charge >= 0.3 is 0 Å². The van der Waals surface area contributed by atoms with Crippen LogP contribution in [0.25, 0.3) is 0 Å². The number of hydrogen-bond acceptors (Lipinski definition) is 3. The summed E-state index contributed by atoms with van der Waals surface area (Å²) in [5.41, 5.74) is 2.22. The van der Waals surface area contributed by atoms with E-state index in [0.717, 1.165) is 24.2 Å². The summed E-state index contributed by atoms with van der Waals surface area (Å²) in [6.07, 6.45) is 6.26. The van der Waals surface area contributed by atoms with E-state index in [1.165, 1.54) is 55.3 Å². The molecule has 0 unspecified atom stereocenters. The Balaban J connectivity index is 1.21. The number of hydrogen-bond donors (Lipinski definition) is 1. The minimum absolute atomic E-state index is 0.0197. The molecule has 0 saturated carbocycles. The Morgan fingerprint density at radius 3 is 2.15 bits per heavy atom. The fraction of sp³-hybridized carbons (Fsp3) is 0.481. The molecule has 0 aromatic heterocycles. The number of piperidine rings is 1. The van der Waals surface area contributed by atoms with Crippen molar-refractivity contribution >= 4 is 11.8 Å². The highest BCUT2D eigenvalue weighted by atomic mass is 19.1. The smallest absolute Gasteiger partial charge is 0.256 e. The van der Waals surface area contributed by atoms with E-state index in [0.29, 0.717) is 32.5 Å². The molecule has 2 heterocycles. The minimum Gasteiger partial charge on any atom is -0.352 e. The van der Waals surface area contributed by atoms with Crippen LogP contribution in [0.2, 0.25) is 0 Å². The van der Waals surface area contributed by atoms with Gasteiger partial charge < -0.3 is 10.2 Å². The normalized spacial score (nSPS) is 17.9. The summed E-state index contributed by atoms with van der Waals surface area (Å²) in [4.78, 5) is 29.2. The highest BCUT2D eigenvalue weighted by Gasteiger charge is 2.28. The van der Waals surface area contributed by atoms with Gasteiger partial charge in [-0.3, -0.25) is 14.5 Å². The van der Waals surface area contributed by atoms with Gasteiger partial charge in [-0.2, -0.15) is 0 Å². The standard InChI is InChI=1S/C27H33F2N3O2/c28-23-9-10-24(25(29)17-23)27(34)32-15-11-22(12-16-32)26(33)30-18-20-5-7-21(8-6-20)19-31-13-3-1-2-4-14-31/h5-10,17,22H,1-4,11-16,18-19H2,(H,30,33). The molecule has 2 amide bonds. The molecule has 2 fully saturated rings. The maximum Gasteiger partial charge on any atom is 0.256 e. The van der Waals surface area contributed by atoms with Gasteiger partial charge in [-0.15, -0.1) is 0 Å². The summed E-state index contributed by atoms with van der Waals surface area (Å²) >= 11 is 0. The van der Waals surface area contributed by atoms with Gasteiger partial charge in [-0.05, 0) is 62.0 Å². The molecule has 34 heavy (non-hydrogen) atoms. The minimum atomic E-state index is -0.859. The van der Waals surface area contributed by atoms with Crippen LogP contribution in [0, 0.1) is 17.6 Å². The first kappa shape index (κ1) is 24.3. The van der Waals surface area contributed by atoms with E-state index in [9.17, 15) is 18.4 Å². The average molecular weight is 470 g/mol. The number of nitrogens with one attached hydrogen (secondary N) is 1. The van der Waals surface area contributed by atoms with Crippen LogP contribution in [-0.2, 0) is 17.9 Å². The van der Waals surface area contributed by atoms with E-state index in [-0.39, 0.29) is 17.4 Å². The molecule has 0 radical (unpaired) electrons. The fourth-order valence-corrected chi connectivity index (χ4v) is 4.83. The van der Waals surface area contributed by atoms with Crippen LogP contribution >= 0.6 is 0 Å². The van der Waals surface area contributed by atoms with Gasteiger partial charge in [0.2, 0.25) is 5.91 Å². The number of rotatable bonds is 6. The first-order valence-corrected chi connectivity index (χ1v) is 12.3. The third-order valence-corrected chi connectivity index (χ3v) is 6.91. The van der Waals surface area contributed by atoms with E-state index < -0.39 is 17.5 Å². The summed E-state index contributed by atoms with van der Waals surface area (Å²) in [6.45, 7) is 4.54. The monoisotopic (exact) mass is 469 g/mol. The van der Waals surface area contributed by atoms with Gasteiger partial charge in [0.05, 0.1) is 5.56 Å². The van der Waals surface area contributed by atoms with Gasteiger partial charge in [0.15, 0.2) is 0 Å². The predicted molar refractivity (Wildman–Crippen MR) is 127 cm³/mol. The lowest BCUT2D eigenvalue weighted by molar-refractivity contribution is -0.126. The van der Waals surface area contributed by atoms with Gasteiger partial charge in [0.1, 0.15) is 11.6 Å². The summed E-state index contributed by atoms with van der Waals surface area (Å²) < 4.78 is 27.0. The SMILES string of the molecule is O=C(NCc1ccc(CN2CCCCCC2)cc1)C1CCN(C(=O)c2ccc(F)cc2F)CC1. The van der Waals surface area contributed by atoms with Crippen LogP contribution in [-0.4, -0.2) is 47.8 Å².